The molecule has 1 N–H and O–H groups in total. The van der Waals surface area contributed by atoms with Gasteiger partial charge in [0.25, 0.3) is 0 Å². The largest absolute Gasteiger partial charge is 0.478 e. The van der Waals surface area contributed by atoms with Gasteiger partial charge in [-0.15, -0.1) is 11.8 Å². The molecule has 30 heavy (non-hydrogen) atoms. The minimum absolute atomic E-state index is 0.0666. The summed E-state index contributed by atoms with van der Waals surface area (Å²) in [7, 11) is 0. The molecule has 1 aromatic carbocycles. The van der Waals surface area contributed by atoms with E-state index in [-0.39, 0.29) is 17.9 Å². The van der Waals surface area contributed by atoms with Crippen LogP contribution in [0, 0.1) is 5.82 Å². The first-order valence-electron chi connectivity index (χ1n) is 10.1. The highest BCUT2D eigenvalue weighted by Crippen LogP contribution is 2.37. The zero-order valence-electron chi connectivity index (χ0n) is 17.6. The van der Waals surface area contributed by atoms with Crippen LogP contribution in [0.4, 0.5) is 4.39 Å². The van der Waals surface area contributed by atoms with Gasteiger partial charge in [-0.05, 0) is 42.0 Å². The molecule has 0 aromatic heterocycles. The van der Waals surface area contributed by atoms with Crippen LogP contribution in [-0.4, -0.2) is 69.8 Å². The monoisotopic (exact) mass is 433 g/mol. The molecule has 6 nitrogen and oxygen atoms in total. The number of amides is 1. The topological polar surface area (TPSA) is 64.1 Å². The number of rotatable bonds is 6. The van der Waals surface area contributed by atoms with Crippen LogP contribution in [-0.2, 0) is 16.1 Å². The maximum atomic E-state index is 13.8. The molecule has 0 aliphatic carbocycles. The van der Waals surface area contributed by atoms with Gasteiger partial charge in [-0.25, -0.2) is 9.18 Å². The molecule has 1 amide bonds. The van der Waals surface area contributed by atoms with Crippen molar-refractivity contribution >= 4 is 23.6 Å². The molecule has 0 bridgehead atoms. The maximum absolute atomic E-state index is 13.8. The molecule has 1 aromatic rings. The van der Waals surface area contributed by atoms with Crippen molar-refractivity contribution < 1.29 is 19.1 Å². The van der Waals surface area contributed by atoms with Gasteiger partial charge in [0.2, 0.25) is 5.91 Å². The second-order valence-electron chi connectivity index (χ2n) is 7.48. The van der Waals surface area contributed by atoms with Gasteiger partial charge in [0.05, 0.1) is 10.6 Å². The van der Waals surface area contributed by atoms with Crippen molar-refractivity contribution in [3.8, 4) is 0 Å². The standard InChI is InChI=1S/C22H28FN3O3S/c1-4-30-21-20(22(28)29)15(2)12-19(25-10-8-24(9-11-25)16(3)27)26(21)14-17-6-5-7-18(23)13-17/h5-7,12-13,19H,4,8-11,14H2,1-3H3,(H,28,29). The van der Waals surface area contributed by atoms with E-state index < -0.39 is 5.97 Å². The maximum Gasteiger partial charge on any atom is 0.338 e. The normalized spacial score (nSPS) is 20.4. The molecule has 0 radical (unpaired) electrons. The molecule has 1 saturated heterocycles. The first kappa shape index (κ1) is 22.4. The van der Waals surface area contributed by atoms with E-state index in [9.17, 15) is 19.1 Å². The number of carboxylic acid groups (broad SMARTS) is 1. The summed E-state index contributed by atoms with van der Waals surface area (Å²) in [4.78, 5) is 29.9. The van der Waals surface area contributed by atoms with Crippen LogP contribution in [0.2, 0.25) is 0 Å². The van der Waals surface area contributed by atoms with Gasteiger partial charge in [0.1, 0.15) is 12.0 Å². The van der Waals surface area contributed by atoms with E-state index in [1.54, 1.807) is 13.0 Å². The SMILES string of the molecule is CCSC1=C(C(=O)O)C(C)=CC(N2CCN(C(C)=O)CC2)N1Cc1cccc(F)c1. The molecule has 1 unspecified atom stereocenters. The molecular formula is C22H28FN3O3S. The molecule has 2 aliphatic rings. The van der Waals surface area contributed by atoms with Gasteiger partial charge in [-0.2, -0.15) is 0 Å². The fraction of sp³-hybridized carbons (Fsp3) is 0.455. The first-order chi connectivity index (χ1) is 14.3. The number of piperazine rings is 1. The number of hydrogen-bond acceptors (Lipinski definition) is 5. The fourth-order valence-electron chi connectivity index (χ4n) is 3.98. The van der Waals surface area contributed by atoms with Gasteiger partial charge in [-0.3, -0.25) is 9.69 Å². The van der Waals surface area contributed by atoms with E-state index in [2.05, 4.69) is 9.80 Å². The van der Waals surface area contributed by atoms with E-state index in [1.165, 1.54) is 23.9 Å². The van der Waals surface area contributed by atoms with Crippen LogP contribution in [0.5, 0.6) is 0 Å². The third-order valence-corrected chi connectivity index (χ3v) is 6.46. The summed E-state index contributed by atoms with van der Waals surface area (Å²) in [6.45, 7) is 8.47. The minimum Gasteiger partial charge on any atom is -0.478 e. The van der Waals surface area contributed by atoms with E-state index in [4.69, 9.17) is 0 Å². The number of hydrogen-bond donors (Lipinski definition) is 1. The Labute approximate surface area is 181 Å². The molecule has 1 atom stereocenters. The lowest BCUT2D eigenvalue weighted by Crippen LogP contribution is -2.56. The smallest absolute Gasteiger partial charge is 0.338 e. The number of nitrogens with zero attached hydrogens (tertiary/aromatic N) is 3. The fourth-order valence-corrected chi connectivity index (χ4v) is 4.99. The summed E-state index contributed by atoms with van der Waals surface area (Å²) < 4.78 is 13.8. The van der Waals surface area contributed by atoms with Crippen LogP contribution < -0.4 is 0 Å². The van der Waals surface area contributed by atoms with Crippen molar-refractivity contribution in [1.29, 1.82) is 0 Å². The Morgan fingerprint density at radius 3 is 2.50 bits per heavy atom. The molecule has 2 heterocycles. The predicted octanol–water partition coefficient (Wildman–Crippen LogP) is 3.13. The lowest BCUT2D eigenvalue weighted by molar-refractivity contribution is -0.133. The minimum atomic E-state index is -0.955. The molecular weight excluding hydrogens is 405 g/mol. The summed E-state index contributed by atoms with van der Waals surface area (Å²) in [5.41, 5.74) is 1.82. The average Bonchev–Trinajstić information content (AvgIpc) is 2.70. The third-order valence-electron chi connectivity index (χ3n) is 5.46. The number of carbonyl (C=O) groups excluding carboxylic acids is 1. The van der Waals surface area contributed by atoms with E-state index >= 15 is 0 Å². The number of carbonyl (C=O) groups is 2. The number of benzene rings is 1. The van der Waals surface area contributed by atoms with E-state index in [0.29, 0.717) is 43.3 Å². The van der Waals surface area contributed by atoms with Gasteiger partial charge in [0.15, 0.2) is 0 Å². The highest BCUT2D eigenvalue weighted by molar-refractivity contribution is 8.03. The van der Waals surface area contributed by atoms with Crippen LogP contribution in [0.3, 0.4) is 0 Å². The van der Waals surface area contributed by atoms with Crippen LogP contribution in [0.15, 0.2) is 46.5 Å². The summed E-state index contributed by atoms with van der Waals surface area (Å²) >= 11 is 1.50. The first-order valence-corrected chi connectivity index (χ1v) is 11.1. The second-order valence-corrected chi connectivity index (χ2v) is 8.73. The quantitative estimate of drug-likeness (QED) is 0.744. The molecule has 8 heteroatoms. The van der Waals surface area contributed by atoms with Crippen molar-refractivity contribution in [2.24, 2.45) is 0 Å². The Morgan fingerprint density at radius 1 is 1.23 bits per heavy atom. The number of halogens is 1. The third kappa shape index (κ3) is 4.87. The lowest BCUT2D eigenvalue weighted by atomic mass is 10.0. The molecule has 3 rings (SSSR count). The van der Waals surface area contributed by atoms with Gasteiger partial charge in [0, 0.05) is 39.6 Å². The Hall–Kier alpha value is -2.32. The summed E-state index contributed by atoms with van der Waals surface area (Å²) in [5, 5.41) is 10.6. The van der Waals surface area contributed by atoms with Crippen molar-refractivity contribution in [3.63, 3.8) is 0 Å². The summed E-state index contributed by atoms with van der Waals surface area (Å²) in [5.74, 6) is -0.472. The number of aliphatic carboxylic acids is 1. The molecule has 0 spiro atoms. The Balaban J connectivity index is 1.97. The van der Waals surface area contributed by atoms with Gasteiger partial charge >= 0.3 is 5.97 Å². The van der Waals surface area contributed by atoms with Gasteiger partial charge in [-0.1, -0.05) is 19.1 Å². The van der Waals surface area contributed by atoms with Crippen molar-refractivity contribution in [2.45, 2.75) is 33.5 Å². The zero-order chi connectivity index (χ0) is 21.8. The Morgan fingerprint density at radius 2 is 1.93 bits per heavy atom. The zero-order valence-corrected chi connectivity index (χ0v) is 18.4. The summed E-state index contributed by atoms with van der Waals surface area (Å²) in [6.07, 6.45) is 1.82. The van der Waals surface area contributed by atoms with Crippen molar-refractivity contribution in [2.75, 3.05) is 31.9 Å². The Kier molecular flexibility index (Phi) is 7.20. The molecule has 1 fully saturated rings. The molecule has 162 valence electrons. The average molecular weight is 434 g/mol. The van der Waals surface area contributed by atoms with Crippen molar-refractivity contribution in [1.82, 2.24) is 14.7 Å². The predicted molar refractivity (Wildman–Crippen MR) is 116 cm³/mol. The second kappa shape index (κ2) is 9.66. The van der Waals surface area contributed by atoms with Crippen LogP contribution >= 0.6 is 11.8 Å². The summed E-state index contributed by atoms with van der Waals surface area (Å²) in [6, 6.07) is 6.42. The van der Waals surface area contributed by atoms with Crippen LogP contribution in [0.25, 0.3) is 0 Å². The van der Waals surface area contributed by atoms with E-state index in [1.807, 2.05) is 30.9 Å². The number of carboxylic acids is 1. The Bertz CT molecular complexity index is 878. The lowest BCUT2D eigenvalue weighted by Gasteiger charge is -2.46. The highest BCUT2D eigenvalue weighted by Gasteiger charge is 2.35. The number of thioether (sulfide) groups is 1. The van der Waals surface area contributed by atoms with Gasteiger partial charge < -0.3 is 14.9 Å². The molecule has 2 aliphatic heterocycles. The van der Waals surface area contributed by atoms with Crippen LogP contribution in [0.1, 0.15) is 26.3 Å². The van der Waals surface area contributed by atoms with Crippen molar-refractivity contribution in [3.05, 3.63) is 57.9 Å². The molecule has 0 saturated carbocycles. The van der Waals surface area contributed by atoms with E-state index in [0.717, 1.165) is 16.9 Å². The highest BCUT2D eigenvalue weighted by atomic mass is 32.2.